The van der Waals surface area contributed by atoms with E-state index in [2.05, 4.69) is 14.9 Å². The van der Waals surface area contributed by atoms with E-state index in [1.165, 1.54) is 11.1 Å². The van der Waals surface area contributed by atoms with Crippen molar-refractivity contribution in [1.29, 1.82) is 0 Å². The number of fused-ring (bicyclic) bond motifs is 1. The number of hydrogen-bond acceptors (Lipinski definition) is 8. The van der Waals surface area contributed by atoms with Crippen molar-refractivity contribution in [3.63, 3.8) is 0 Å². The van der Waals surface area contributed by atoms with E-state index < -0.39 is 11.5 Å². The van der Waals surface area contributed by atoms with Gasteiger partial charge in [0.1, 0.15) is 5.75 Å². The number of piperidine rings is 1. The summed E-state index contributed by atoms with van der Waals surface area (Å²) in [5.41, 5.74) is 2.42. The maximum atomic E-state index is 12.8. The van der Waals surface area contributed by atoms with Gasteiger partial charge in [-0.1, -0.05) is 11.6 Å². The quantitative estimate of drug-likeness (QED) is 0.136. The van der Waals surface area contributed by atoms with E-state index in [4.69, 9.17) is 16.3 Å². The maximum Gasteiger partial charge on any atom is 0.249 e. The smallest absolute Gasteiger partial charge is 0.249 e. The average molecular weight is 545 g/mol. The summed E-state index contributed by atoms with van der Waals surface area (Å²) in [7, 11) is 1.58. The number of hydroxylamine groups is 1. The van der Waals surface area contributed by atoms with Gasteiger partial charge in [-0.15, -0.1) is 11.8 Å². The van der Waals surface area contributed by atoms with Crippen LogP contribution in [-0.4, -0.2) is 63.6 Å². The largest absolute Gasteiger partial charge is 0.497 e. The second-order valence-electron chi connectivity index (χ2n) is 9.41. The number of amides is 1. The van der Waals surface area contributed by atoms with Crippen molar-refractivity contribution in [2.75, 3.05) is 32.5 Å². The molecule has 4 rings (SSSR count). The van der Waals surface area contributed by atoms with Gasteiger partial charge in [-0.3, -0.25) is 20.0 Å². The second-order valence-corrected chi connectivity index (χ2v) is 11.0. The number of pyridine rings is 2. The first-order valence-corrected chi connectivity index (χ1v) is 13.8. The number of halogens is 1. The Morgan fingerprint density at radius 1 is 1.27 bits per heavy atom. The number of nitrogens with zero attached hydrogens (tertiary/aromatic N) is 3. The molecule has 1 saturated heterocycles. The molecule has 0 spiro atoms. The highest BCUT2D eigenvalue weighted by Gasteiger charge is 2.41. The Morgan fingerprint density at radius 2 is 2.03 bits per heavy atom. The van der Waals surface area contributed by atoms with Crippen LogP contribution in [0, 0.1) is 5.41 Å². The summed E-state index contributed by atoms with van der Waals surface area (Å²) in [5.74, 6) is 1.27. The Bertz CT molecular complexity index is 1190. The molecule has 198 valence electrons. The third kappa shape index (κ3) is 6.72. The van der Waals surface area contributed by atoms with Crippen LogP contribution >= 0.6 is 23.4 Å². The summed E-state index contributed by atoms with van der Waals surface area (Å²) in [6.45, 7) is 2.48. The predicted octanol–water partition coefficient (Wildman–Crippen LogP) is 4.88. The van der Waals surface area contributed by atoms with Crippen LogP contribution in [0.15, 0.2) is 53.8 Å². The third-order valence-electron chi connectivity index (χ3n) is 7.23. The number of aliphatic hydroxyl groups excluding tert-OH is 1. The Kier molecular flexibility index (Phi) is 9.61. The SMILES string of the molecule is COc1ccc2ncc(Cl)c([C@H](O)CCC3(C(=O)NO)CCN(CCCSc4ccncc4)CC3)c2c1. The van der Waals surface area contributed by atoms with Gasteiger partial charge in [-0.2, -0.15) is 0 Å². The number of rotatable bonds is 11. The van der Waals surface area contributed by atoms with Crippen LogP contribution in [0.1, 0.15) is 43.8 Å². The first-order chi connectivity index (χ1) is 18.0. The Balaban J connectivity index is 1.36. The molecule has 1 aliphatic heterocycles. The molecule has 37 heavy (non-hydrogen) atoms. The molecule has 1 aliphatic rings. The number of ether oxygens (including phenoxy) is 1. The van der Waals surface area contributed by atoms with E-state index in [1.54, 1.807) is 19.5 Å². The van der Waals surface area contributed by atoms with Gasteiger partial charge in [0.05, 0.1) is 29.2 Å². The van der Waals surface area contributed by atoms with Gasteiger partial charge in [-0.25, -0.2) is 5.48 Å². The van der Waals surface area contributed by atoms with Crippen LogP contribution in [-0.2, 0) is 4.79 Å². The molecule has 1 amide bonds. The third-order valence-corrected chi connectivity index (χ3v) is 8.63. The number of hydrogen-bond donors (Lipinski definition) is 3. The number of methoxy groups -OCH3 is 1. The summed E-state index contributed by atoms with van der Waals surface area (Å²) in [6, 6.07) is 9.48. The molecule has 0 bridgehead atoms. The summed E-state index contributed by atoms with van der Waals surface area (Å²) in [6.07, 6.45) is 7.28. The number of benzene rings is 1. The van der Waals surface area contributed by atoms with Crippen molar-refractivity contribution < 1.29 is 19.8 Å². The zero-order chi connectivity index (χ0) is 26.3. The van der Waals surface area contributed by atoms with E-state index in [0.29, 0.717) is 47.5 Å². The van der Waals surface area contributed by atoms with Crippen molar-refractivity contribution in [2.24, 2.45) is 5.41 Å². The Hall–Kier alpha value is -2.43. The number of thioether (sulfide) groups is 1. The molecule has 10 heteroatoms. The highest BCUT2D eigenvalue weighted by Crippen LogP contribution is 2.41. The lowest BCUT2D eigenvalue weighted by Crippen LogP contribution is -2.48. The van der Waals surface area contributed by atoms with Crippen LogP contribution in [0.4, 0.5) is 0 Å². The molecule has 3 aromatic rings. The number of likely N-dealkylation sites (tertiary alicyclic amines) is 1. The van der Waals surface area contributed by atoms with Gasteiger partial charge in [0.25, 0.3) is 0 Å². The van der Waals surface area contributed by atoms with Crippen molar-refractivity contribution in [3.8, 4) is 5.75 Å². The van der Waals surface area contributed by atoms with Gasteiger partial charge >= 0.3 is 0 Å². The molecular formula is C27H33ClN4O4S. The zero-order valence-electron chi connectivity index (χ0n) is 20.9. The number of carbonyl (C=O) groups excluding carboxylic acids is 1. The van der Waals surface area contributed by atoms with Crippen LogP contribution in [0.25, 0.3) is 10.9 Å². The van der Waals surface area contributed by atoms with Gasteiger partial charge < -0.3 is 14.7 Å². The average Bonchev–Trinajstić information content (AvgIpc) is 2.94. The standard InChI is InChI=1S/C27H33ClN4O4S/c1-36-19-3-4-23-21(17-19)25(22(28)18-30-23)24(33)5-8-27(26(34)31-35)9-14-32(15-10-27)13-2-16-37-20-6-11-29-12-7-20/h3-4,6-7,11-12,17-18,24,33,35H,2,5,8-10,13-16H2,1H3,(H,31,34)/t24-/m1/s1. The Morgan fingerprint density at radius 3 is 2.73 bits per heavy atom. The lowest BCUT2D eigenvalue weighted by Gasteiger charge is -2.40. The fraction of sp³-hybridized carbons (Fsp3) is 0.444. The first kappa shape index (κ1) is 27.6. The molecule has 2 aromatic heterocycles. The Labute approximate surface area is 226 Å². The predicted molar refractivity (Wildman–Crippen MR) is 145 cm³/mol. The fourth-order valence-corrected chi connectivity index (χ4v) is 6.12. The van der Waals surface area contributed by atoms with Gasteiger partial charge in [0.2, 0.25) is 5.91 Å². The highest BCUT2D eigenvalue weighted by molar-refractivity contribution is 7.99. The van der Waals surface area contributed by atoms with Gasteiger partial charge in [0, 0.05) is 34.4 Å². The number of nitrogens with one attached hydrogen (secondary N) is 1. The van der Waals surface area contributed by atoms with E-state index in [1.807, 2.05) is 47.6 Å². The van der Waals surface area contributed by atoms with Crippen LogP contribution in [0.3, 0.4) is 0 Å². The van der Waals surface area contributed by atoms with E-state index in [0.717, 1.165) is 37.2 Å². The highest BCUT2D eigenvalue weighted by atomic mass is 35.5. The van der Waals surface area contributed by atoms with E-state index >= 15 is 0 Å². The summed E-state index contributed by atoms with van der Waals surface area (Å²) >= 11 is 8.28. The van der Waals surface area contributed by atoms with Crippen LogP contribution in [0.5, 0.6) is 5.75 Å². The van der Waals surface area contributed by atoms with Gasteiger partial charge in [-0.05, 0) is 87.8 Å². The topological polar surface area (TPSA) is 108 Å². The molecule has 3 heterocycles. The van der Waals surface area contributed by atoms with Crippen LogP contribution < -0.4 is 10.2 Å². The molecule has 0 aliphatic carbocycles. The van der Waals surface area contributed by atoms with Crippen molar-refractivity contribution >= 4 is 40.2 Å². The molecule has 8 nitrogen and oxygen atoms in total. The molecule has 1 aromatic carbocycles. The zero-order valence-corrected chi connectivity index (χ0v) is 22.5. The molecule has 1 atom stereocenters. The van der Waals surface area contributed by atoms with Crippen molar-refractivity contribution in [2.45, 2.75) is 43.1 Å². The number of carbonyl (C=O) groups is 1. The summed E-state index contributed by atoms with van der Waals surface area (Å²) in [5, 5.41) is 21.8. The lowest BCUT2D eigenvalue weighted by molar-refractivity contribution is -0.143. The molecule has 1 fully saturated rings. The monoisotopic (exact) mass is 544 g/mol. The summed E-state index contributed by atoms with van der Waals surface area (Å²) in [4.78, 5) is 24.8. The van der Waals surface area contributed by atoms with Gasteiger partial charge in [0.15, 0.2) is 0 Å². The van der Waals surface area contributed by atoms with Crippen molar-refractivity contribution in [1.82, 2.24) is 20.3 Å². The normalized spacial score (nSPS) is 16.4. The van der Waals surface area contributed by atoms with E-state index in [-0.39, 0.29) is 5.91 Å². The maximum absolute atomic E-state index is 12.8. The molecule has 3 N–H and O–H groups in total. The first-order valence-electron chi connectivity index (χ1n) is 12.5. The molecule has 0 saturated carbocycles. The lowest BCUT2D eigenvalue weighted by atomic mass is 9.73. The van der Waals surface area contributed by atoms with E-state index in [9.17, 15) is 15.1 Å². The minimum absolute atomic E-state index is 0.325. The summed E-state index contributed by atoms with van der Waals surface area (Å²) < 4.78 is 5.34. The molecular weight excluding hydrogens is 512 g/mol. The minimum Gasteiger partial charge on any atom is -0.497 e. The molecule has 0 radical (unpaired) electrons. The number of aliphatic hydroxyl groups is 1. The molecule has 0 unspecified atom stereocenters. The van der Waals surface area contributed by atoms with Crippen molar-refractivity contribution in [3.05, 3.63) is 59.5 Å². The fourth-order valence-electron chi connectivity index (χ4n) is 5.02. The number of aromatic nitrogens is 2. The second kappa shape index (κ2) is 12.9. The minimum atomic E-state index is -0.892. The van der Waals surface area contributed by atoms with Crippen LogP contribution in [0.2, 0.25) is 5.02 Å².